The van der Waals surface area contributed by atoms with Crippen LogP contribution in [0.25, 0.3) is 21.8 Å². The second-order valence-electron chi connectivity index (χ2n) is 6.70. The highest BCUT2D eigenvalue weighted by atomic mass is 31.2. The van der Waals surface area contributed by atoms with E-state index in [1.54, 1.807) is 0 Å². The van der Waals surface area contributed by atoms with Crippen LogP contribution >= 0.6 is 7.75 Å². The van der Waals surface area contributed by atoms with Crippen LogP contribution < -0.4 is 10.4 Å². The lowest BCUT2D eigenvalue weighted by Gasteiger charge is -2.17. The van der Waals surface area contributed by atoms with Crippen LogP contribution in [0.1, 0.15) is 5.56 Å². The number of benzene rings is 3. The van der Waals surface area contributed by atoms with E-state index in [1.807, 2.05) is 48.5 Å². The van der Waals surface area contributed by atoms with E-state index >= 15 is 0 Å². The molecule has 4 aromatic rings. The fraction of sp³-hybridized carbons (Fsp3) is 0.136. The van der Waals surface area contributed by atoms with Gasteiger partial charge in [-0.1, -0.05) is 29.8 Å². The Morgan fingerprint density at radius 3 is 2.21 bits per heavy atom. The smallest absolute Gasteiger partial charge is 0.354 e. The van der Waals surface area contributed by atoms with Crippen LogP contribution in [-0.2, 0) is 13.6 Å². The Labute approximate surface area is 169 Å². The highest BCUT2D eigenvalue weighted by Crippen LogP contribution is 2.46. The number of aromatic nitrogens is 1. The molecule has 0 saturated heterocycles. The summed E-state index contributed by atoms with van der Waals surface area (Å²) >= 11 is 0. The Morgan fingerprint density at radius 2 is 1.48 bits per heavy atom. The van der Waals surface area contributed by atoms with Crippen LogP contribution in [0.5, 0.6) is 0 Å². The van der Waals surface area contributed by atoms with Crippen LogP contribution in [0.3, 0.4) is 0 Å². The van der Waals surface area contributed by atoms with E-state index in [-0.39, 0.29) is 0 Å². The molecule has 1 heterocycles. The predicted octanol–water partition coefficient (Wildman–Crippen LogP) is 6.25. The second kappa shape index (κ2) is 7.84. The van der Waals surface area contributed by atoms with E-state index < -0.39 is 7.75 Å². The van der Waals surface area contributed by atoms with Crippen molar-refractivity contribution in [2.75, 3.05) is 24.6 Å². The van der Waals surface area contributed by atoms with Gasteiger partial charge >= 0.3 is 7.75 Å². The van der Waals surface area contributed by atoms with Gasteiger partial charge < -0.3 is 5.32 Å². The van der Waals surface area contributed by atoms with E-state index in [2.05, 4.69) is 35.5 Å². The molecule has 148 valence electrons. The maximum Gasteiger partial charge on any atom is 0.432 e. The van der Waals surface area contributed by atoms with Crippen LogP contribution in [0.4, 0.5) is 17.1 Å². The first-order valence-electron chi connectivity index (χ1n) is 9.17. The lowest BCUT2D eigenvalue weighted by atomic mass is 10.1. The summed E-state index contributed by atoms with van der Waals surface area (Å²) in [7, 11) is -0.650. The van der Waals surface area contributed by atoms with Gasteiger partial charge in [0.2, 0.25) is 0 Å². The Balaban J connectivity index is 1.73. The number of nitrogens with zero attached hydrogens (tertiary/aromatic N) is 1. The predicted molar refractivity (Wildman–Crippen MR) is 119 cm³/mol. The third-order valence-corrected chi connectivity index (χ3v) is 6.23. The first-order valence-corrected chi connectivity index (χ1v) is 10.7. The fourth-order valence-electron chi connectivity index (χ4n) is 3.24. The number of para-hydroxylation sites is 1. The lowest BCUT2D eigenvalue weighted by Crippen LogP contribution is -2.01. The number of fused-ring (bicyclic) bond motifs is 2. The number of hydrogen-bond acceptors (Lipinski definition) is 5. The topological polar surface area (TPSA) is 72.5 Å². The van der Waals surface area contributed by atoms with E-state index in [4.69, 9.17) is 14.0 Å². The van der Waals surface area contributed by atoms with E-state index in [1.165, 1.54) is 19.8 Å². The molecule has 0 amide bonds. The summed E-state index contributed by atoms with van der Waals surface area (Å²) < 4.78 is 22.1. The van der Waals surface area contributed by atoms with Gasteiger partial charge in [-0.2, -0.15) is 0 Å². The summed E-state index contributed by atoms with van der Waals surface area (Å²) in [6.07, 6.45) is 0. The molecule has 0 spiro atoms. The van der Waals surface area contributed by atoms with Crippen LogP contribution in [0, 0.1) is 6.92 Å². The SMILES string of the molecule is COP(=O)(Nc1ccc(Nc2c3ccccc3nc3ccc(C)cc23)cc1)OC. The average Bonchev–Trinajstić information content (AvgIpc) is 2.75. The number of rotatable bonds is 6. The molecule has 0 aliphatic carbocycles. The molecule has 3 aromatic carbocycles. The highest BCUT2D eigenvalue weighted by molar-refractivity contribution is 7.55. The minimum atomic E-state index is -3.33. The molecule has 0 aliphatic heterocycles. The number of nitrogens with one attached hydrogen (secondary N) is 2. The average molecular weight is 407 g/mol. The zero-order valence-corrected chi connectivity index (χ0v) is 17.4. The summed E-state index contributed by atoms with van der Waals surface area (Å²) in [6, 6.07) is 21.8. The van der Waals surface area contributed by atoms with Crippen LogP contribution in [0.15, 0.2) is 66.7 Å². The van der Waals surface area contributed by atoms with Crippen molar-refractivity contribution >= 4 is 46.6 Å². The largest absolute Gasteiger partial charge is 0.432 e. The number of pyridine rings is 1. The second-order valence-corrected chi connectivity index (χ2v) is 8.65. The third kappa shape index (κ3) is 3.96. The molecule has 0 aliphatic rings. The highest BCUT2D eigenvalue weighted by Gasteiger charge is 2.20. The number of anilines is 3. The van der Waals surface area contributed by atoms with Crippen molar-refractivity contribution in [3.63, 3.8) is 0 Å². The first kappa shape index (κ1) is 19.4. The van der Waals surface area contributed by atoms with Crippen molar-refractivity contribution in [2.24, 2.45) is 0 Å². The molecule has 7 heteroatoms. The van der Waals surface area contributed by atoms with Gasteiger partial charge in [0.1, 0.15) is 0 Å². The monoisotopic (exact) mass is 407 g/mol. The molecule has 0 unspecified atom stereocenters. The van der Waals surface area contributed by atoms with Gasteiger partial charge in [0.05, 0.1) is 16.7 Å². The maximum atomic E-state index is 12.2. The Bertz CT molecular complexity index is 1220. The van der Waals surface area contributed by atoms with Crippen LogP contribution in [-0.4, -0.2) is 19.2 Å². The van der Waals surface area contributed by atoms with E-state index in [0.717, 1.165) is 33.2 Å². The minimum absolute atomic E-state index is 0.642. The van der Waals surface area contributed by atoms with Gasteiger partial charge in [0, 0.05) is 36.4 Å². The molecule has 1 aromatic heterocycles. The standard InChI is InChI=1S/C22H22N3O3P/c1-15-8-13-21-19(14-15)22(18-6-4-5-7-20(18)24-21)23-16-9-11-17(12-10-16)25-29(26,27-2)28-3/h4-14H,1-3H3,(H,23,24)(H,25,26). The van der Waals surface area contributed by atoms with Crippen molar-refractivity contribution in [3.05, 3.63) is 72.3 Å². The molecule has 0 bridgehead atoms. The summed E-state index contributed by atoms with van der Waals surface area (Å²) in [4.78, 5) is 4.79. The zero-order valence-electron chi connectivity index (χ0n) is 16.5. The van der Waals surface area contributed by atoms with Crippen molar-refractivity contribution in [1.29, 1.82) is 0 Å². The molecule has 29 heavy (non-hydrogen) atoms. The number of hydrogen-bond donors (Lipinski definition) is 2. The molecule has 6 nitrogen and oxygen atoms in total. The Hall–Kier alpha value is -2.92. The summed E-state index contributed by atoms with van der Waals surface area (Å²) in [5.41, 5.74) is 5.60. The molecule has 0 fully saturated rings. The van der Waals surface area contributed by atoms with Gasteiger partial charge in [-0.25, -0.2) is 9.55 Å². The quantitative estimate of drug-likeness (QED) is 0.291. The van der Waals surface area contributed by atoms with Crippen molar-refractivity contribution in [2.45, 2.75) is 6.92 Å². The number of aryl methyl sites for hydroxylation is 1. The Kier molecular flexibility index (Phi) is 5.24. The molecule has 2 N–H and O–H groups in total. The molecule has 0 saturated carbocycles. The molecular formula is C22H22N3O3P. The minimum Gasteiger partial charge on any atom is -0.354 e. The third-order valence-electron chi connectivity index (χ3n) is 4.74. The Morgan fingerprint density at radius 1 is 0.828 bits per heavy atom. The van der Waals surface area contributed by atoms with Gasteiger partial charge in [-0.15, -0.1) is 0 Å². The van der Waals surface area contributed by atoms with Crippen molar-refractivity contribution < 1.29 is 13.6 Å². The maximum absolute atomic E-state index is 12.2. The summed E-state index contributed by atoms with van der Waals surface area (Å²) in [6.45, 7) is 2.07. The molecule has 0 radical (unpaired) electrons. The van der Waals surface area contributed by atoms with Gasteiger partial charge in [0.15, 0.2) is 0 Å². The fourth-order valence-corrected chi connectivity index (χ4v) is 4.03. The molecule has 0 atom stereocenters. The van der Waals surface area contributed by atoms with E-state index in [0.29, 0.717) is 5.69 Å². The first-order chi connectivity index (χ1) is 14.0. The van der Waals surface area contributed by atoms with E-state index in [9.17, 15) is 4.57 Å². The molecular weight excluding hydrogens is 385 g/mol. The zero-order chi connectivity index (χ0) is 20.4. The summed E-state index contributed by atoms with van der Waals surface area (Å²) in [5, 5.41) is 8.44. The van der Waals surface area contributed by atoms with Crippen molar-refractivity contribution in [3.8, 4) is 0 Å². The van der Waals surface area contributed by atoms with Crippen molar-refractivity contribution in [1.82, 2.24) is 4.98 Å². The van der Waals surface area contributed by atoms with Crippen LogP contribution in [0.2, 0.25) is 0 Å². The summed E-state index contributed by atoms with van der Waals surface area (Å²) in [5.74, 6) is 0. The van der Waals surface area contributed by atoms with Gasteiger partial charge in [-0.05, 0) is 49.4 Å². The normalized spacial score (nSPS) is 11.7. The lowest BCUT2D eigenvalue weighted by molar-refractivity contribution is 0.281. The van der Waals surface area contributed by atoms with Gasteiger partial charge in [0.25, 0.3) is 0 Å². The molecule has 4 rings (SSSR count). The van der Waals surface area contributed by atoms with Gasteiger partial charge in [-0.3, -0.25) is 14.1 Å².